The highest BCUT2D eigenvalue weighted by Crippen LogP contribution is 2.60. The molecule has 0 saturated carbocycles. The van der Waals surface area contributed by atoms with Gasteiger partial charge in [-0.15, -0.1) is 0 Å². The lowest BCUT2D eigenvalue weighted by Gasteiger charge is -2.21. The zero-order chi connectivity index (χ0) is 52.2. The van der Waals surface area contributed by atoms with Gasteiger partial charge in [0, 0.05) is 19.0 Å². The second-order valence-corrected chi connectivity index (χ2v) is 20.2. The zero-order valence-corrected chi connectivity index (χ0v) is 43.4. The molecular formula is C50H81N3O16P2. The van der Waals surface area contributed by atoms with Gasteiger partial charge in [-0.25, -0.2) is 13.9 Å². The van der Waals surface area contributed by atoms with Gasteiger partial charge in [0.1, 0.15) is 30.7 Å². The monoisotopic (exact) mass is 1040 g/mol. The first-order valence-corrected chi connectivity index (χ1v) is 28.1. The van der Waals surface area contributed by atoms with E-state index in [-0.39, 0.29) is 18.7 Å². The van der Waals surface area contributed by atoms with Gasteiger partial charge in [0.15, 0.2) is 12.3 Å². The molecule has 21 heteroatoms. The van der Waals surface area contributed by atoms with Crippen LogP contribution >= 0.6 is 15.6 Å². The SMILES string of the molecule is CCCCCC/C=C\C=C/CCCCCCCC(=O)OC[C@H](COP(=O)(O)OP(=O)(O)OC[C@H]1O[C@@H](n2ccc(N)nc2=O)[C@H](O)[C@@H]1O)OC(=O)CCC/C=C\C/C=C\C/C=C\C=C\[C@@H](O)CCCCC. The van der Waals surface area contributed by atoms with Gasteiger partial charge < -0.3 is 45.1 Å². The minimum Gasteiger partial charge on any atom is -0.462 e. The summed E-state index contributed by atoms with van der Waals surface area (Å²) in [5.41, 5.74) is 4.57. The molecular weight excluding hydrogens is 961 g/mol. The number of esters is 2. The quantitative estimate of drug-likeness (QED) is 0.0117. The molecule has 0 aromatic carbocycles. The molecule has 1 aromatic heterocycles. The average Bonchev–Trinajstić information content (AvgIpc) is 3.60. The van der Waals surface area contributed by atoms with E-state index in [2.05, 4.69) is 47.4 Å². The van der Waals surface area contributed by atoms with Crippen molar-refractivity contribution in [1.82, 2.24) is 9.55 Å². The Labute approximate surface area is 419 Å². The molecule has 0 amide bonds. The molecule has 0 aliphatic carbocycles. The van der Waals surface area contributed by atoms with E-state index in [0.29, 0.717) is 25.7 Å². The van der Waals surface area contributed by atoms with Crippen molar-refractivity contribution in [1.29, 1.82) is 0 Å². The molecule has 2 rings (SSSR count). The first-order valence-electron chi connectivity index (χ1n) is 25.1. The second kappa shape index (κ2) is 37.8. The van der Waals surface area contributed by atoms with Crippen molar-refractivity contribution in [2.24, 2.45) is 0 Å². The molecule has 402 valence electrons. The van der Waals surface area contributed by atoms with E-state index in [4.69, 9.17) is 29.0 Å². The zero-order valence-electron chi connectivity index (χ0n) is 41.6. The van der Waals surface area contributed by atoms with Gasteiger partial charge in [0.05, 0.1) is 19.3 Å². The number of hydrogen-bond donors (Lipinski definition) is 6. The molecule has 0 radical (unpaired) electrons. The molecule has 2 unspecified atom stereocenters. The van der Waals surface area contributed by atoms with Crippen LogP contribution in [-0.4, -0.2) is 96.9 Å². The number of aromatic nitrogens is 2. The lowest BCUT2D eigenvalue weighted by Crippen LogP contribution is -2.36. The predicted molar refractivity (Wildman–Crippen MR) is 271 cm³/mol. The maximum atomic E-state index is 12.8. The van der Waals surface area contributed by atoms with Crippen LogP contribution in [-0.2, 0) is 46.3 Å². The highest BCUT2D eigenvalue weighted by molar-refractivity contribution is 7.61. The number of nitrogen functional groups attached to an aromatic ring is 1. The van der Waals surface area contributed by atoms with Crippen LogP contribution in [0.5, 0.6) is 0 Å². The molecule has 1 saturated heterocycles. The summed E-state index contributed by atoms with van der Waals surface area (Å²) in [5, 5.41) is 30.8. The minimum atomic E-state index is -5.45. The molecule has 1 aliphatic heterocycles. The third-order valence-electron chi connectivity index (χ3n) is 10.9. The third-order valence-corrected chi connectivity index (χ3v) is 13.5. The summed E-state index contributed by atoms with van der Waals surface area (Å²) in [6, 6.07) is 1.24. The number of nitrogens with zero attached hydrogens (tertiary/aromatic N) is 2. The number of nitrogens with two attached hydrogens (primary N) is 1. The maximum absolute atomic E-state index is 12.8. The van der Waals surface area contributed by atoms with Crippen LogP contribution in [0.2, 0.25) is 0 Å². The number of carbonyl (C=O) groups is 2. The molecule has 19 nitrogen and oxygen atoms in total. The van der Waals surface area contributed by atoms with Crippen molar-refractivity contribution in [3.63, 3.8) is 0 Å². The standard InChI is InChI=1S/C50H81N3O16P2/c1-3-5-7-8-9-10-11-12-13-14-17-20-23-26-30-34-45(55)64-38-42(67-46(56)35-31-27-24-21-18-15-16-19-22-25-29-33-41(54)32-28-6-4-2)39-65-70(60,61)69-71(62,63)66-40-43-47(57)48(58)49(68-43)53-37-36-44(51)52-50(53)59/h10-13,15-16,21-22,24-25,29,33,36-37,41-43,47-49,54,57-58H,3-9,14,17-20,23,26-28,30-32,34-35,38-40H2,1-2H3,(H,60,61)(H,62,63)(H2,51,52,59)/b11-10-,13-12-,16-15-,24-21-,25-22-,33-29+/t41-,42+,43+,47+,48+,49+/m0/s1. The molecule has 0 spiro atoms. The maximum Gasteiger partial charge on any atom is 0.481 e. The fourth-order valence-corrected chi connectivity index (χ4v) is 9.05. The van der Waals surface area contributed by atoms with Gasteiger partial charge >= 0.3 is 33.3 Å². The number of phosphoric acid groups is 2. The Morgan fingerprint density at radius 3 is 2.04 bits per heavy atom. The number of anilines is 1. The van der Waals surface area contributed by atoms with Gasteiger partial charge in [0.25, 0.3) is 0 Å². The summed E-state index contributed by atoms with van der Waals surface area (Å²) < 4.78 is 56.6. The van der Waals surface area contributed by atoms with Crippen molar-refractivity contribution in [3.05, 3.63) is 95.7 Å². The Morgan fingerprint density at radius 2 is 1.34 bits per heavy atom. The Balaban J connectivity index is 1.86. The Bertz CT molecular complexity index is 1990. The smallest absolute Gasteiger partial charge is 0.462 e. The summed E-state index contributed by atoms with van der Waals surface area (Å²) in [4.78, 5) is 61.8. The molecule has 1 fully saturated rings. The normalized spacial score (nSPS) is 20.2. The van der Waals surface area contributed by atoms with E-state index in [1.165, 1.54) is 31.7 Å². The van der Waals surface area contributed by atoms with Crippen molar-refractivity contribution < 1.29 is 71.4 Å². The summed E-state index contributed by atoms with van der Waals surface area (Å²) >= 11 is 0. The Kier molecular flexibility index (Phi) is 33.7. The number of hydrogen-bond acceptors (Lipinski definition) is 16. The van der Waals surface area contributed by atoms with Crippen LogP contribution < -0.4 is 11.4 Å². The number of aliphatic hydroxyl groups is 3. The van der Waals surface area contributed by atoms with Gasteiger partial charge in [-0.1, -0.05) is 145 Å². The lowest BCUT2D eigenvalue weighted by molar-refractivity contribution is -0.161. The largest absolute Gasteiger partial charge is 0.481 e. The molecule has 71 heavy (non-hydrogen) atoms. The summed E-state index contributed by atoms with van der Waals surface area (Å²) in [6.45, 7) is 1.92. The Hall–Kier alpha value is -3.84. The number of unbranched alkanes of at least 4 members (excludes halogenated alkanes) is 12. The van der Waals surface area contributed by atoms with Crippen LogP contribution in [0.25, 0.3) is 0 Å². The second-order valence-electron chi connectivity index (χ2n) is 17.2. The Morgan fingerprint density at radius 1 is 0.746 bits per heavy atom. The van der Waals surface area contributed by atoms with Crippen molar-refractivity contribution in [2.45, 2.75) is 185 Å². The lowest BCUT2D eigenvalue weighted by atomic mass is 10.1. The van der Waals surface area contributed by atoms with Crippen molar-refractivity contribution in [3.8, 4) is 0 Å². The molecule has 7 N–H and O–H groups in total. The molecule has 0 bridgehead atoms. The predicted octanol–water partition coefficient (Wildman–Crippen LogP) is 9.08. The van der Waals surface area contributed by atoms with E-state index in [1.54, 1.807) is 6.08 Å². The molecule has 2 heterocycles. The van der Waals surface area contributed by atoms with E-state index >= 15 is 0 Å². The number of carbonyl (C=O) groups excluding carboxylic acids is 2. The first kappa shape index (κ1) is 63.3. The average molecular weight is 1040 g/mol. The van der Waals surface area contributed by atoms with E-state index in [1.807, 2.05) is 42.5 Å². The molecule has 8 atom stereocenters. The molecule has 1 aromatic rings. The van der Waals surface area contributed by atoms with Gasteiger partial charge in [-0.3, -0.25) is 23.2 Å². The van der Waals surface area contributed by atoms with Crippen molar-refractivity contribution >= 4 is 33.4 Å². The van der Waals surface area contributed by atoms with Gasteiger partial charge in [0.2, 0.25) is 0 Å². The number of ether oxygens (including phenoxy) is 3. The minimum absolute atomic E-state index is 0.0526. The van der Waals surface area contributed by atoms with Crippen LogP contribution in [0.15, 0.2) is 90.0 Å². The summed E-state index contributed by atoms with van der Waals surface area (Å²) in [6.07, 6.45) is 34.6. The highest BCUT2D eigenvalue weighted by atomic mass is 31.3. The number of phosphoric ester groups is 2. The number of aliphatic hydroxyl groups excluding tert-OH is 3. The van der Waals surface area contributed by atoms with E-state index < -0.39 is 89.8 Å². The number of allylic oxidation sites excluding steroid dienone is 11. The summed E-state index contributed by atoms with van der Waals surface area (Å²) in [7, 11) is -10.9. The molecule has 1 aliphatic rings. The van der Waals surface area contributed by atoms with Gasteiger partial charge in [-0.05, 0) is 70.3 Å². The summed E-state index contributed by atoms with van der Waals surface area (Å²) in [5.74, 6) is -1.42. The fourth-order valence-electron chi connectivity index (χ4n) is 6.94. The fraction of sp³-hybridized carbons (Fsp3) is 0.640. The van der Waals surface area contributed by atoms with Crippen LogP contribution in [0.1, 0.15) is 155 Å². The van der Waals surface area contributed by atoms with E-state index in [9.17, 15) is 48.6 Å². The van der Waals surface area contributed by atoms with E-state index in [0.717, 1.165) is 81.4 Å². The van der Waals surface area contributed by atoms with Crippen LogP contribution in [0.3, 0.4) is 0 Å². The third kappa shape index (κ3) is 30.7. The topological polar surface area (TPSA) is 286 Å². The van der Waals surface area contributed by atoms with Gasteiger partial charge in [-0.2, -0.15) is 9.29 Å². The van der Waals surface area contributed by atoms with Crippen molar-refractivity contribution in [2.75, 3.05) is 25.6 Å². The van der Waals surface area contributed by atoms with Crippen LogP contribution in [0, 0.1) is 0 Å². The first-order chi connectivity index (χ1) is 34.1. The highest BCUT2D eigenvalue weighted by Gasteiger charge is 2.46. The number of rotatable bonds is 40. The van der Waals surface area contributed by atoms with Crippen LogP contribution in [0.4, 0.5) is 5.82 Å².